The number of hydrogen-bond acceptors (Lipinski definition) is 3. The van der Waals surface area contributed by atoms with Crippen molar-refractivity contribution in [1.82, 2.24) is 5.43 Å². The Morgan fingerprint density at radius 2 is 2.04 bits per heavy atom. The summed E-state index contributed by atoms with van der Waals surface area (Å²) in [6.45, 7) is 1.80. The number of carbonyl (C=O) groups is 1. The molecule has 5 heteroatoms. The van der Waals surface area contributed by atoms with E-state index < -0.39 is 0 Å². The second-order valence-electron chi connectivity index (χ2n) is 5.07. The Morgan fingerprint density at radius 3 is 2.78 bits per heavy atom. The van der Waals surface area contributed by atoms with Gasteiger partial charge in [0.15, 0.2) is 6.61 Å². The van der Waals surface area contributed by atoms with E-state index in [1.54, 1.807) is 24.4 Å². The summed E-state index contributed by atoms with van der Waals surface area (Å²) >= 11 is 5.93. The molecule has 0 bridgehead atoms. The van der Waals surface area contributed by atoms with E-state index in [0.717, 1.165) is 18.4 Å². The number of nitrogens with one attached hydrogen (secondary N) is 1. The molecule has 0 aliphatic rings. The number of halogens is 1. The van der Waals surface area contributed by atoms with Crippen LogP contribution in [0.3, 0.4) is 0 Å². The Kier molecular flexibility index (Phi) is 6.63. The van der Waals surface area contributed by atoms with Crippen LogP contribution in [-0.2, 0) is 11.2 Å². The predicted octanol–water partition coefficient (Wildman–Crippen LogP) is 3.76. The first-order valence-electron chi connectivity index (χ1n) is 7.38. The van der Waals surface area contributed by atoms with E-state index in [2.05, 4.69) is 22.7 Å². The van der Waals surface area contributed by atoms with E-state index in [0.29, 0.717) is 10.8 Å². The molecule has 0 unspecified atom stereocenters. The molecule has 0 spiro atoms. The molecule has 0 aromatic heterocycles. The molecular weight excluding hydrogens is 312 g/mol. The molecule has 0 saturated carbocycles. The molecule has 0 heterocycles. The van der Waals surface area contributed by atoms with Gasteiger partial charge in [-0.05, 0) is 49.1 Å². The number of rotatable bonds is 7. The largest absolute Gasteiger partial charge is 0.484 e. The molecule has 120 valence electrons. The van der Waals surface area contributed by atoms with Crippen LogP contribution in [0.1, 0.15) is 17.5 Å². The summed E-state index contributed by atoms with van der Waals surface area (Å²) in [6, 6.07) is 15.4. The fourth-order valence-corrected chi connectivity index (χ4v) is 2.06. The maximum absolute atomic E-state index is 11.6. The van der Waals surface area contributed by atoms with Gasteiger partial charge in [0.1, 0.15) is 5.75 Å². The van der Waals surface area contributed by atoms with Gasteiger partial charge in [0.05, 0.1) is 0 Å². The lowest BCUT2D eigenvalue weighted by molar-refractivity contribution is -0.123. The van der Waals surface area contributed by atoms with Gasteiger partial charge in [-0.1, -0.05) is 41.9 Å². The summed E-state index contributed by atoms with van der Waals surface area (Å²) in [4.78, 5) is 11.6. The predicted molar refractivity (Wildman–Crippen MR) is 93.1 cm³/mol. The summed E-state index contributed by atoms with van der Waals surface area (Å²) in [5, 5.41) is 4.58. The average molecular weight is 331 g/mol. The second-order valence-corrected chi connectivity index (χ2v) is 5.48. The van der Waals surface area contributed by atoms with Gasteiger partial charge in [-0.15, -0.1) is 0 Å². The van der Waals surface area contributed by atoms with Crippen LogP contribution in [0.15, 0.2) is 53.6 Å². The van der Waals surface area contributed by atoms with Gasteiger partial charge in [-0.3, -0.25) is 4.79 Å². The van der Waals surface area contributed by atoms with Crippen molar-refractivity contribution in [1.29, 1.82) is 0 Å². The maximum atomic E-state index is 11.6. The smallest absolute Gasteiger partial charge is 0.277 e. The van der Waals surface area contributed by atoms with Crippen molar-refractivity contribution in [3.8, 4) is 5.75 Å². The summed E-state index contributed by atoms with van der Waals surface area (Å²) in [5.41, 5.74) is 4.59. The van der Waals surface area contributed by atoms with Gasteiger partial charge in [-0.25, -0.2) is 5.43 Å². The van der Waals surface area contributed by atoms with Crippen LogP contribution < -0.4 is 10.2 Å². The second kappa shape index (κ2) is 8.96. The van der Waals surface area contributed by atoms with Crippen LogP contribution in [0.25, 0.3) is 0 Å². The van der Waals surface area contributed by atoms with Crippen molar-refractivity contribution in [2.24, 2.45) is 5.10 Å². The molecule has 0 fully saturated rings. The van der Waals surface area contributed by atoms with E-state index in [1.807, 2.05) is 25.1 Å². The molecule has 4 nitrogen and oxygen atoms in total. The summed E-state index contributed by atoms with van der Waals surface area (Å²) < 4.78 is 5.39. The van der Waals surface area contributed by atoms with Gasteiger partial charge in [-0.2, -0.15) is 5.10 Å². The fraction of sp³-hybridized carbons (Fsp3) is 0.222. The third-order valence-corrected chi connectivity index (χ3v) is 3.61. The van der Waals surface area contributed by atoms with E-state index >= 15 is 0 Å². The maximum Gasteiger partial charge on any atom is 0.277 e. The Morgan fingerprint density at radius 1 is 1.26 bits per heavy atom. The number of amides is 1. The summed E-state index contributed by atoms with van der Waals surface area (Å²) in [5.74, 6) is 0.309. The minimum atomic E-state index is -0.298. The highest BCUT2D eigenvalue weighted by Crippen LogP contribution is 2.20. The fourth-order valence-electron chi connectivity index (χ4n) is 1.95. The number of nitrogens with zero attached hydrogens (tertiary/aromatic N) is 1. The Labute approximate surface area is 141 Å². The number of ether oxygens (including phenoxy) is 1. The number of benzene rings is 2. The average Bonchev–Trinajstić information content (AvgIpc) is 2.56. The Bertz CT molecular complexity index is 672. The zero-order chi connectivity index (χ0) is 16.5. The first-order valence-corrected chi connectivity index (χ1v) is 7.76. The van der Waals surface area contributed by atoms with Crippen molar-refractivity contribution in [2.75, 3.05) is 6.61 Å². The SMILES string of the molecule is Cc1cc(OCC(=O)N/N=C\CCc2ccccc2)ccc1Cl. The van der Waals surface area contributed by atoms with Crippen LogP contribution in [-0.4, -0.2) is 18.7 Å². The Balaban J connectivity index is 1.66. The first-order chi connectivity index (χ1) is 11.1. The van der Waals surface area contributed by atoms with Gasteiger partial charge in [0, 0.05) is 11.2 Å². The summed E-state index contributed by atoms with van der Waals surface area (Å²) in [7, 11) is 0. The lowest BCUT2D eigenvalue weighted by atomic mass is 10.1. The molecule has 1 amide bonds. The molecule has 0 aliphatic carbocycles. The summed E-state index contributed by atoms with van der Waals surface area (Å²) in [6.07, 6.45) is 3.35. The van der Waals surface area contributed by atoms with Crippen LogP contribution in [0, 0.1) is 6.92 Å². The Hall–Kier alpha value is -2.33. The molecule has 0 atom stereocenters. The van der Waals surface area contributed by atoms with Crippen LogP contribution in [0.2, 0.25) is 5.02 Å². The van der Waals surface area contributed by atoms with Gasteiger partial charge in [0.25, 0.3) is 5.91 Å². The lowest BCUT2D eigenvalue weighted by Crippen LogP contribution is -2.24. The number of aryl methyl sites for hydroxylation is 2. The topological polar surface area (TPSA) is 50.7 Å². The number of hydrazone groups is 1. The van der Waals surface area contributed by atoms with E-state index in [4.69, 9.17) is 16.3 Å². The van der Waals surface area contributed by atoms with E-state index in [-0.39, 0.29) is 12.5 Å². The van der Waals surface area contributed by atoms with Crippen molar-refractivity contribution >= 4 is 23.7 Å². The number of carbonyl (C=O) groups excluding carboxylic acids is 1. The van der Waals surface area contributed by atoms with E-state index in [9.17, 15) is 4.79 Å². The molecule has 0 saturated heterocycles. The van der Waals surface area contributed by atoms with Crippen molar-refractivity contribution < 1.29 is 9.53 Å². The normalized spacial score (nSPS) is 10.7. The zero-order valence-electron chi connectivity index (χ0n) is 13.0. The highest BCUT2D eigenvalue weighted by Gasteiger charge is 2.03. The molecule has 0 radical (unpaired) electrons. The van der Waals surface area contributed by atoms with Gasteiger partial charge < -0.3 is 4.74 Å². The van der Waals surface area contributed by atoms with Crippen LogP contribution in [0.5, 0.6) is 5.75 Å². The van der Waals surface area contributed by atoms with Gasteiger partial charge in [0.2, 0.25) is 0 Å². The zero-order valence-corrected chi connectivity index (χ0v) is 13.7. The third-order valence-electron chi connectivity index (χ3n) is 3.18. The van der Waals surface area contributed by atoms with Crippen LogP contribution in [0.4, 0.5) is 0 Å². The molecular formula is C18H19ClN2O2. The highest BCUT2D eigenvalue weighted by molar-refractivity contribution is 6.31. The quantitative estimate of drug-likeness (QED) is 0.620. The molecule has 2 aromatic carbocycles. The molecule has 23 heavy (non-hydrogen) atoms. The molecule has 2 aromatic rings. The first kappa shape index (κ1) is 17.0. The van der Waals surface area contributed by atoms with Crippen LogP contribution >= 0.6 is 11.6 Å². The monoisotopic (exact) mass is 330 g/mol. The lowest BCUT2D eigenvalue weighted by Gasteiger charge is -2.06. The van der Waals surface area contributed by atoms with E-state index in [1.165, 1.54) is 5.56 Å². The minimum absolute atomic E-state index is 0.0862. The third kappa shape index (κ3) is 6.12. The van der Waals surface area contributed by atoms with Gasteiger partial charge >= 0.3 is 0 Å². The highest BCUT2D eigenvalue weighted by atomic mass is 35.5. The molecule has 0 aliphatic heterocycles. The van der Waals surface area contributed by atoms with Crippen molar-refractivity contribution in [3.05, 3.63) is 64.7 Å². The molecule has 1 N–H and O–H groups in total. The standard InChI is InChI=1S/C18H19ClN2O2/c1-14-12-16(9-10-17(14)19)23-13-18(22)21-20-11-5-8-15-6-3-2-4-7-15/h2-4,6-7,9-12H,5,8,13H2,1H3,(H,21,22)/b20-11-. The minimum Gasteiger partial charge on any atom is -0.484 e. The van der Waals surface area contributed by atoms with Crippen molar-refractivity contribution in [3.63, 3.8) is 0 Å². The number of hydrogen-bond donors (Lipinski definition) is 1. The molecule has 2 rings (SSSR count). The van der Waals surface area contributed by atoms with Crippen molar-refractivity contribution in [2.45, 2.75) is 19.8 Å².